The highest BCUT2D eigenvalue weighted by Crippen LogP contribution is 2.21. The van der Waals surface area contributed by atoms with Crippen LogP contribution in [0.15, 0.2) is 18.2 Å². The van der Waals surface area contributed by atoms with E-state index in [0.29, 0.717) is 36.4 Å². The van der Waals surface area contributed by atoms with Crippen LogP contribution in [0.25, 0.3) is 0 Å². The van der Waals surface area contributed by atoms with Gasteiger partial charge in [0.25, 0.3) is 0 Å². The lowest BCUT2D eigenvalue weighted by Crippen LogP contribution is -2.34. The SMILES string of the molecule is NC(=S)c1cc(Cl)ccc1NCC1COCCO1. The Balaban J connectivity index is 2.01. The minimum Gasteiger partial charge on any atom is -0.389 e. The molecule has 18 heavy (non-hydrogen) atoms. The molecule has 1 aliphatic rings. The predicted molar refractivity (Wildman–Crippen MR) is 76.4 cm³/mol. The number of nitrogens with one attached hydrogen (secondary N) is 1. The van der Waals surface area contributed by atoms with Gasteiger partial charge >= 0.3 is 0 Å². The molecule has 1 fully saturated rings. The Hall–Kier alpha value is -0.880. The fraction of sp³-hybridized carbons (Fsp3) is 0.417. The third kappa shape index (κ3) is 3.55. The molecular formula is C12H15ClN2O2S. The Morgan fingerprint density at radius 2 is 2.33 bits per heavy atom. The van der Waals surface area contributed by atoms with Crippen LogP contribution in [-0.2, 0) is 9.47 Å². The van der Waals surface area contributed by atoms with Gasteiger partial charge in [-0.05, 0) is 18.2 Å². The highest BCUT2D eigenvalue weighted by atomic mass is 35.5. The van der Waals surface area contributed by atoms with Gasteiger partial charge in [0, 0.05) is 22.8 Å². The van der Waals surface area contributed by atoms with Gasteiger partial charge < -0.3 is 20.5 Å². The van der Waals surface area contributed by atoms with Crippen LogP contribution in [0.1, 0.15) is 5.56 Å². The van der Waals surface area contributed by atoms with Crippen molar-refractivity contribution < 1.29 is 9.47 Å². The van der Waals surface area contributed by atoms with Gasteiger partial charge in [-0.15, -0.1) is 0 Å². The largest absolute Gasteiger partial charge is 0.389 e. The van der Waals surface area contributed by atoms with Crippen molar-refractivity contribution in [1.82, 2.24) is 0 Å². The molecule has 1 saturated heterocycles. The van der Waals surface area contributed by atoms with Crippen molar-refractivity contribution in [2.24, 2.45) is 5.73 Å². The van der Waals surface area contributed by atoms with Crippen molar-refractivity contribution in [3.8, 4) is 0 Å². The first-order chi connectivity index (χ1) is 8.66. The van der Waals surface area contributed by atoms with E-state index >= 15 is 0 Å². The fourth-order valence-electron chi connectivity index (χ4n) is 1.75. The number of ether oxygens (including phenoxy) is 2. The van der Waals surface area contributed by atoms with E-state index in [1.54, 1.807) is 12.1 Å². The van der Waals surface area contributed by atoms with Crippen LogP contribution < -0.4 is 11.1 Å². The zero-order valence-electron chi connectivity index (χ0n) is 9.82. The van der Waals surface area contributed by atoms with E-state index in [1.165, 1.54) is 0 Å². The van der Waals surface area contributed by atoms with Crippen LogP contribution in [0.3, 0.4) is 0 Å². The molecule has 0 saturated carbocycles. The molecule has 4 nitrogen and oxygen atoms in total. The van der Waals surface area contributed by atoms with Gasteiger partial charge in [-0.3, -0.25) is 0 Å². The third-order valence-electron chi connectivity index (χ3n) is 2.65. The maximum absolute atomic E-state index is 5.92. The van der Waals surface area contributed by atoms with E-state index in [0.717, 1.165) is 11.3 Å². The molecule has 1 unspecified atom stereocenters. The van der Waals surface area contributed by atoms with Crippen molar-refractivity contribution >= 4 is 34.5 Å². The third-order valence-corrected chi connectivity index (χ3v) is 3.11. The Kier molecular flexibility index (Phi) is 4.77. The van der Waals surface area contributed by atoms with Gasteiger partial charge in [-0.25, -0.2) is 0 Å². The molecule has 3 N–H and O–H groups in total. The van der Waals surface area contributed by atoms with Crippen LogP contribution >= 0.6 is 23.8 Å². The number of thiocarbonyl (C=S) groups is 1. The summed E-state index contributed by atoms with van der Waals surface area (Å²) in [6.07, 6.45) is 0.0497. The zero-order valence-corrected chi connectivity index (χ0v) is 11.4. The lowest BCUT2D eigenvalue weighted by molar-refractivity contribution is -0.0818. The molecule has 0 spiro atoms. The molecule has 1 atom stereocenters. The molecule has 1 aliphatic heterocycles. The summed E-state index contributed by atoms with van der Waals surface area (Å²) in [5.74, 6) is 0. The van der Waals surface area contributed by atoms with E-state index in [9.17, 15) is 0 Å². The summed E-state index contributed by atoms with van der Waals surface area (Å²) in [6.45, 7) is 2.55. The van der Waals surface area contributed by atoms with Gasteiger partial charge in [0.05, 0.1) is 25.9 Å². The molecule has 0 bridgehead atoms. The predicted octanol–water partition coefficient (Wildman–Crippen LogP) is 1.80. The Labute approximate surface area is 116 Å². The number of hydrogen-bond acceptors (Lipinski definition) is 4. The van der Waals surface area contributed by atoms with E-state index in [2.05, 4.69) is 5.32 Å². The molecular weight excluding hydrogens is 272 g/mol. The summed E-state index contributed by atoms with van der Waals surface area (Å²) in [4.78, 5) is 0.320. The Morgan fingerprint density at radius 3 is 3.00 bits per heavy atom. The topological polar surface area (TPSA) is 56.5 Å². The van der Waals surface area contributed by atoms with Crippen LogP contribution in [0.4, 0.5) is 5.69 Å². The number of benzene rings is 1. The van der Waals surface area contributed by atoms with Crippen molar-refractivity contribution in [3.63, 3.8) is 0 Å². The van der Waals surface area contributed by atoms with Gasteiger partial charge in [0.1, 0.15) is 4.99 Å². The number of rotatable bonds is 4. The summed E-state index contributed by atoms with van der Waals surface area (Å²) in [6, 6.07) is 5.41. The van der Waals surface area contributed by atoms with E-state index in [1.807, 2.05) is 6.07 Å². The smallest absolute Gasteiger partial charge is 0.106 e. The van der Waals surface area contributed by atoms with Crippen molar-refractivity contribution in [3.05, 3.63) is 28.8 Å². The van der Waals surface area contributed by atoms with Gasteiger partial charge in [-0.2, -0.15) is 0 Å². The molecule has 98 valence electrons. The minimum atomic E-state index is 0.0497. The van der Waals surface area contributed by atoms with Crippen LogP contribution in [-0.4, -0.2) is 37.5 Å². The monoisotopic (exact) mass is 286 g/mol. The first-order valence-electron chi connectivity index (χ1n) is 5.69. The van der Waals surface area contributed by atoms with Crippen molar-refractivity contribution in [1.29, 1.82) is 0 Å². The highest BCUT2D eigenvalue weighted by molar-refractivity contribution is 7.80. The Bertz CT molecular complexity index is 436. The number of hydrogen-bond donors (Lipinski definition) is 2. The normalized spacial score (nSPS) is 19.5. The molecule has 0 aromatic heterocycles. The average molecular weight is 287 g/mol. The molecule has 0 radical (unpaired) electrons. The zero-order chi connectivity index (χ0) is 13.0. The van der Waals surface area contributed by atoms with Crippen LogP contribution in [0, 0.1) is 0 Å². The van der Waals surface area contributed by atoms with Crippen LogP contribution in [0.2, 0.25) is 5.02 Å². The average Bonchev–Trinajstić information content (AvgIpc) is 2.38. The second kappa shape index (κ2) is 6.33. The number of halogens is 1. The number of anilines is 1. The summed E-state index contributed by atoms with van der Waals surface area (Å²) in [5, 5.41) is 3.87. The van der Waals surface area contributed by atoms with Crippen LogP contribution in [0.5, 0.6) is 0 Å². The summed E-state index contributed by atoms with van der Waals surface area (Å²) in [7, 11) is 0. The van der Waals surface area contributed by atoms with E-state index in [-0.39, 0.29) is 6.10 Å². The molecule has 1 aromatic carbocycles. The second-order valence-electron chi connectivity index (χ2n) is 4.00. The van der Waals surface area contributed by atoms with Crippen molar-refractivity contribution in [2.45, 2.75) is 6.10 Å². The Morgan fingerprint density at radius 1 is 1.50 bits per heavy atom. The van der Waals surface area contributed by atoms with Gasteiger partial charge in [0.2, 0.25) is 0 Å². The fourth-order valence-corrected chi connectivity index (χ4v) is 2.09. The first-order valence-corrected chi connectivity index (χ1v) is 6.48. The number of nitrogens with two attached hydrogens (primary N) is 1. The molecule has 1 aromatic rings. The maximum atomic E-state index is 5.92. The summed E-state index contributed by atoms with van der Waals surface area (Å²) >= 11 is 10.9. The summed E-state index contributed by atoms with van der Waals surface area (Å²) < 4.78 is 10.9. The molecule has 0 amide bonds. The quantitative estimate of drug-likeness (QED) is 0.827. The van der Waals surface area contributed by atoms with E-state index < -0.39 is 0 Å². The molecule has 1 heterocycles. The molecule has 6 heteroatoms. The van der Waals surface area contributed by atoms with Gasteiger partial charge in [0.15, 0.2) is 0 Å². The minimum absolute atomic E-state index is 0.0497. The highest BCUT2D eigenvalue weighted by Gasteiger charge is 2.15. The standard InChI is InChI=1S/C12H15ClN2O2S/c13-8-1-2-11(10(5-8)12(14)18)15-6-9-7-16-3-4-17-9/h1-2,5,9,15H,3-4,6-7H2,(H2,14,18). The second-order valence-corrected chi connectivity index (χ2v) is 4.88. The lowest BCUT2D eigenvalue weighted by atomic mass is 10.1. The first kappa shape index (κ1) is 13.5. The maximum Gasteiger partial charge on any atom is 0.106 e. The molecule has 0 aliphatic carbocycles. The van der Waals surface area contributed by atoms with E-state index in [4.69, 9.17) is 39.0 Å². The lowest BCUT2D eigenvalue weighted by Gasteiger charge is -2.24. The van der Waals surface area contributed by atoms with Gasteiger partial charge in [-0.1, -0.05) is 23.8 Å². The van der Waals surface area contributed by atoms with Crippen molar-refractivity contribution in [2.75, 3.05) is 31.7 Å². The summed E-state index contributed by atoms with van der Waals surface area (Å²) in [5.41, 5.74) is 7.28. The molecule has 2 rings (SSSR count).